The number of rotatable bonds is 5. The van der Waals surface area contributed by atoms with Gasteiger partial charge in [-0.2, -0.15) is 0 Å². The van der Waals surface area contributed by atoms with Gasteiger partial charge in [-0.1, -0.05) is 29.8 Å². The van der Waals surface area contributed by atoms with E-state index in [0.29, 0.717) is 6.54 Å². The molecule has 1 aromatic heterocycles. The zero-order chi connectivity index (χ0) is 16.9. The molecule has 25 heavy (non-hydrogen) atoms. The number of nitrogens with zero attached hydrogens (tertiary/aromatic N) is 2. The molecule has 0 aliphatic carbocycles. The molecule has 3 rings (SSSR count). The summed E-state index contributed by atoms with van der Waals surface area (Å²) in [7, 11) is 1.65. The molecule has 0 aliphatic rings. The van der Waals surface area contributed by atoms with Crippen molar-refractivity contribution in [2.75, 3.05) is 13.7 Å². The summed E-state index contributed by atoms with van der Waals surface area (Å²) < 4.78 is 7.23. The van der Waals surface area contributed by atoms with E-state index in [1.165, 1.54) is 5.56 Å². The third-order valence-electron chi connectivity index (χ3n) is 3.77. The minimum atomic E-state index is 0. The van der Waals surface area contributed by atoms with E-state index in [-0.39, 0.29) is 23.6 Å². The Kier molecular flexibility index (Phi) is 6.99. The summed E-state index contributed by atoms with van der Waals surface area (Å²) in [6.07, 6.45) is 0. The largest absolute Gasteiger partial charge is 1.00 e. The standard InChI is InChI=1S/C19H20N2O2S.BrH/c1-14-3-5-15(6-4-14)18-13-24-19(21(18)11-12-22)20-16-7-9-17(23-2)10-8-16;/h3-10,13,22H,11-12H2,1-2H3;1H/p-1. The molecule has 6 heteroatoms. The lowest BCUT2D eigenvalue weighted by atomic mass is 10.1. The highest BCUT2D eigenvalue weighted by Gasteiger charge is 2.07. The van der Waals surface area contributed by atoms with Crippen LogP contribution in [-0.2, 0) is 6.54 Å². The molecular formula is C19H20BrN2O2S-. The Bertz CT molecular complexity index is 868. The SMILES string of the molecule is COc1ccc(N=c2scc(-c3ccc(C)cc3)n2CCO)cc1.[Br-]. The zero-order valence-electron chi connectivity index (χ0n) is 14.1. The van der Waals surface area contributed by atoms with E-state index in [1.54, 1.807) is 18.4 Å². The molecule has 3 aromatic rings. The van der Waals surface area contributed by atoms with Crippen molar-refractivity contribution in [3.8, 4) is 17.0 Å². The van der Waals surface area contributed by atoms with Crippen molar-refractivity contribution < 1.29 is 26.8 Å². The van der Waals surface area contributed by atoms with Gasteiger partial charge < -0.3 is 31.4 Å². The molecule has 0 atom stereocenters. The highest BCUT2D eigenvalue weighted by atomic mass is 79.9. The molecule has 0 bridgehead atoms. The molecule has 0 spiro atoms. The fourth-order valence-electron chi connectivity index (χ4n) is 2.46. The van der Waals surface area contributed by atoms with Crippen LogP contribution in [0, 0.1) is 6.92 Å². The summed E-state index contributed by atoms with van der Waals surface area (Å²) >= 11 is 1.57. The summed E-state index contributed by atoms with van der Waals surface area (Å²) in [6.45, 7) is 2.66. The third-order valence-corrected chi connectivity index (χ3v) is 4.63. The number of benzene rings is 2. The number of ether oxygens (including phenoxy) is 1. The predicted octanol–water partition coefficient (Wildman–Crippen LogP) is 0.762. The number of aryl methyl sites for hydroxylation is 1. The van der Waals surface area contributed by atoms with Gasteiger partial charge in [0, 0.05) is 11.9 Å². The first-order valence-corrected chi connectivity index (χ1v) is 8.64. The van der Waals surface area contributed by atoms with Gasteiger partial charge in [0.15, 0.2) is 4.80 Å². The van der Waals surface area contributed by atoms with Crippen LogP contribution in [0.4, 0.5) is 5.69 Å². The van der Waals surface area contributed by atoms with Gasteiger partial charge in [0.05, 0.1) is 25.1 Å². The van der Waals surface area contributed by atoms with Crippen molar-refractivity contribution in [2.24, 2.45) is 4.99 Å². The minimum absolute atomic E-state index is 0. The topological polar surface area (TPSA) is 46.8 Å². The number of aromatic nitrogens is 1. The fourth-order valence-corrected chi connectivity index (χ4v) is 3.41. The number of thiazole rings is 1. The van der Waals surface area contributed by atoms with Crippen LogP contribution in [-0.4, -0.2) is 23.4 Å². The smallest absolute Gasteiger partial charge is 0.190 e. The number of aliphatic hydroxyl groups excluding tert-OH is 1. The molecule has 132 valence electrons. The van der Waals surface area contributed by atoms with E-state index in [1.807, 2.05) is 24.3 Å². The Morgan fingerprint density at radius 2 is 1.76 bits per heavy atom. The van der Waals surface area contributed by atoms with E-state index in [0.717, 1.165) is 27.5 Å². The van der Waals surface area contributed by atoms with Gasteiger partial charge in [-0.25, -0.2) is 4.99 Å². The van der Waals surface area contributed by atoms with Crippen LogP contribution in [0.2, 0.25) is 0 Å². The van der Waals surface area contributed by atoms with Crippen LogP contribution >= 0.6 is 11.3 Å². The van der Waals surface area contributed by atoms with Gasteiger partial charge in [0.1, 0.15) is 5.75 Å². The zero-order valence-corrected chi connectivity index (χ0v) is 16.5. The van der Waals surface area contributed by atoms with Crippen LogP contribution in [0.3, 0.4) is 0 Å². The average Bonchev–Trinajstić information content (AvgIpc) is 2.99. The quantitative estimate of drug-likeness (QED) is 0.663. The maximum atomic E-state index is 9.44. The Morgan fingerprint density at radius 1 is 1.08 bits per heavy atom. The summed E-state index contributed by atoms with van der Waals surface area (Å²) in [5.41, 5.74) is 4.29. The van der Waals surface area contributed by atoms with E-state index in [4.69, 9.17) is 9.73 Å². The molecule has 0 radical (unpaired) electrons. The van der Waals surface area contributed by atoms with Crippen molar-refractivity contribution in [3.63, 3.8) is 0 Å². The van der Waals surface area contributed by atoms with Crippen LogP contribution in [0.5, 0.6) is 5.75 Å². The number of halogens is 1. The van der Waals surface area contributed by atoms with Crippen LogP contribution in [0.15, 0.2) is 58.9 Å². The minimum Gasteiger partial charge on any atom is -1.00 e. The average molecular weight is 420 g/mol. The van der Waals surface area contributed by atoms with Crippen LogP contribution in [0.1, 0.15) is 5.56 Å². The molecule has 2 aromatic carbocycles. The maximum absolute atomic E-state index is 9.44. The number of hydrogen-bond acceptors (Lipinski definition) is 4. The molecular weight excluding hydrogens is 400 g/mol. The molecule has 1 N–H and O–H groups in total. The van der Waals surface area contributed by atoms with Crippen molar-refractivity contribution in [3.05, 3.63) is 64.3 Å². The third kappa shape index (κ3) is 4.60. The molecule has 4 nitrogen and oxygen atoms in total. The lowest BCUT2D eigenvalue weighted by Gasteiger charge is -2.08. The van der Waals surface area contributed by atoms with Gasteiger partial charge in [-0.3, -0.25) is 0 Å². The first-order chi connectivity index (χ1) is 11.7. The molecule has 0 aliphatic heterocycles. The molecule has 0 saturated carbocycles. The normalized spacial score (nSPS) is 11.2. The van der Waals surface area contributed by atoms with Crippen molar-refractivity contribution in [1.82, 2.24) is 4.57 Å². The van der Waals surface area contributed by atoms with Gasteiger partial charge in [0.25, 0.3) is 0 Å². The molecule has 0 saturated heterocycles. The van der Waals surface area contributed by atoms with Crippen LogP contribution < -0.4 is 26.5 Å². The summed E-state index contributed by atoms with van der Waals surface area (Å²) in [5, 5.41) is 11.5. The van der Waals surface area contributed by atoms with E-state index >= 15 is 0 Å². The number of hydrogen-bond donors (Lipinski definition) is 1. The first-order valence-electron chi connectivity index (χ1n) is 7.76. The summed E-state index contributed by atoms with van der Waals surface area (Å²) in [6, 6.07) is 16.0. The predicted molar refractivity (Wildman–Crippen MR) is 97.8 cm³/mol. The van der Waals surface area contributed by atoms with Crippen molar-refractivity contribution >= 4 is 17.0 Å². The number of aliphatic hydroxyl groups is 1. The molecule has 0 unspecified atom stereocenters. The van der Waals surface area contributed by atoms with Gasteiger partial charge >= 0.3 is 0 Å². The lowest BCUT2D eigenvalue weighted by Crippen LogP contribution is -3.00. The second-order valence-corrected chi connectivity index (χ2v) is 6.29. The lowest BCUT2D eigenvalue weighted by molar-refractivity contribution is -0.00000629. The highest BCUT2D eigenvalue weighted by molar-refractivity contribution is 7.07. The fraction of sp³-hybridized carbons (Fsp3) is 0.211. The summed E-state index contributed by atoms with van der Waals surface area (Å²) in [4.78, 5) is 5.58. The maximum Gasteiger partial charge on any atom is 0.190 e. The Hall–Kier alpha value is -1.89. The van der Waals surface area contributed by atoms with E-state index in [2.05, 4.69) is 41.1 Å². The van der Waals surface area contributed by atoms with E-state index in [9.17, 15) is 5.11 Å². The molecule has 0 amide bonds. The van der Waals surface area contributed by atoms with Crippen molar-refractivity contribution in [2.45, 2.75) is 13.5 Å². The van der Waals surface area contributed by atoms with Crippen molar-refractivity contribution in [1.29, 1.82) is 0 Å². The molecule has 0 fully saturated rings. The van der Waals surface area contributed by atoms with Gasteiger partial charge in [-0.15, -0.1) is 11.3 Å². The molecule has 1 heterocycles. The second kappa shape index (κ2) is 8.99. The van der Waals surface area contributed by atoms with Gasteiger partial charge in [-0.05, 0) is 36.8 Å². The van der Waals surface area contributed by atoms with E-state index < -0.39 is 0 Å². The number of methoxy groups -OCH3 is 1. The first kappa shape index (κ1) is 19.4. The Balaban J connectivity index is 0.00000225. The summed E-state index contributed by atoms with van der Waals surface area (Å²) in [5.74, 6) is 0.809. The van der Waals surface area contributed by atoms with Crippen LogP contribution in [0.25, 0.3) is 11.3 Å². The Morgan fingerprint density at radius 3 is 2.36 bits per heavy atom. The monoisotopic (exact) mass is 419 g/mol. The highest BCUT2D eigenvalue weighted by Crippen LogP contribution is 2.22. The van der Waals surface area contributed by atoms with Gasteiger partial charge in [0.2, 0.25) is 0 Å². The second-order valence-electron chi connectivity index (χ2n) is 5.45. The Labute approximate surface area is 161 Å².